The Kier molecular flexibility index (Phi) is 6.38. The number of likely N-dealkylation sites (N-methyl/N-ethyl adjacent to an activating group) is 1. The normalized spacial score (nSPS) is 10.8. The molecule has 0 aromatic rings. The molecular formula is C6H14N2. The first-order valence-corrected chi connectivity index (χ1v) is 2.97. The molecule has 3 N–H and O–H groups in total. The fourth-order valence-corrected chi connectivity index (χ4v) is 0.407. The highest BCUT2D eigenvalue weighted by molar-refractivity contribution is 4.83. The van der Waals surface area contributed by atoms with E-state index in [2.05, 4.69) is 12.2 Å². The van der Waals surface area contributed by atoms with Gasteiger partial charge in [0.15, 0.2) is 0 Å². The predicted molar refractivity (Wildman–Crippen MR) is 36.7 cm³/mol. The first-order chi connectivity index (χ1) is 3.91. The van der Waals surface area contributed by atoms with Gasteiger partial charge in [0.1, 0.15) is 0 Å². The largest absolute Gasteiger partial charge is 0.327 e. The monoisotopic (exact) mass is 114 g/mol. The van der Waals surface area contributed by atoms with Gasteiger partial charge >= 0.3 is 0 Å². The summed E-state index contributed by atoms with van der Waals surface area (Å²) in [5, 5.41) is 3.14. The van der Waals surface area contributed by atoms with Gasteiger partial charge in [0, 0.05) is 13.1 Å². The molecule has 0 rings (SSSR count). The van der Waals surface area contributed by atoms with Gasteiger partial charge in [-0.05, 0) is 6.54 Å². The maximum atomic E-state index is 5.20. The number of hydrogen-bond acceptors (Lipinski definition) is 2. The van der Waals surface area contributed by atoms with Crippen molar-refractivity contribution >= 4 is 0 Å². The molecule has 0 saturated carbocycles. The van der Waals surface area contributed by atoms with Gasteiger partial charge in [-0.3, -0.25) is 0 Å². The fourth-order valence-electron chi connectivity index (χ4n) is 0.407. The third-order valence-corrected chi connectivity index (χ3v) is 0.815. The molecule has 2 heteroatoms. The van der Waals surface area contributed by atoms with Crippen LogP contribution >= 0.6 is 0 Å². The van der Waals surface area contributed by atoms with E-state index < -0.39 is 0 Å². The number of nitrogens with one attached hydrogen (secondary N) is 1. The van der Waals surface area contributed by atoms with Crippen LogP contribution in [0.1, 0.15) is 6.92 Å². The lowest BCUT2D eigenvalue weighted by Crippen LogP contribution is -2.11. The van der Waals surface area contributed by atoms with Crippen LogP contribution in [0.4, 0.5) is 0 Å². The van der Waals surface area contributed by atoms with Crippen LogP contribution in [-0.4, -0.2) is 19.6 Å². The predicted octanol–water partition coefficient (Wildman–Crippen LogP) is 0.111. The maximum absolute atomic E-state index is 5.20. The van der Waals surface area contributed by atoms with Gasteiger partial charge in [0.25, 0.3) is 0 Å². The first-order valence-electron chi connectivity index (χ1n) is 2.97. The van der Waals surface area contributed by atoms with Gasteiger partial charge in [-0.15, -0.1) is 0 Å². The lowest BCUT2D eigenvalue weighted by atomic mass is 10.5. The zero-order valence-corrected chi connectivity index (χ0v) is 5.35. The Labute approximate surface area is 50.8 Å². The topological polar surface area (TPSA) is 38.0 Å². The van der Waals surface area contributed by atoms with E-state index >= 15 is 0 Å². The van der Waals surface area contributed by atoms with Crippen molar-refractivity contribution < 1.29 is 0 Å². The molecule has 0 aliphatic carbocycles. The maximum Gasteiger partial charge on any atom is 0.0135 e. The fraction of sp³-hybridized carbons (Fsp3) is 0.667. The smallest absolute Gasteiger partial charge is 0.0135 e. The summed E-state index contributed by atoms with van der Waals surface area (Å²) < 4.78 is 0. The van der Waals surface area contributed by atoms with Crippen molar-refractivity contribution in [2.24, 2.45) is 5.73 Å². The Bertz CT molecular complexity index is 59.5. The lowest BCUT2D eigenvalue weighted by Gasteiger charge is -1.90. The van der Waals surface area contributed by atoms with E-state index in [-0.39, 0.29) is 0 Å². The molecule has 0 aliphatic heterocycles. The summed E-state index contributed by atoms with van der Waals surface area (Å²) in [5.74, 6) is 0. The van der Waals surface area contributed by atoms with Crippen LogP contribution < -0.4 is 11.1 Å². The third-order valence-electron chi connectivity index (χ3n) is 0.815. The number of hydrogen-bond donors (Lipinski definition) is 2. The van der Waals surface area contributed by atoms with Crippen molar-refractivity contribution in [2.45, 2.75) is 6.92 Å². The molecular weight excluding hydrogens is 100 g/mol. The molecule has 8 heavy (non-hydrogen) atoms. The molecule has 0 saturated heterocycles. The van der Waals surface area contributed by atoms with Crippen LogP contribution in [0.25, 0.3) is 0 Å². The highest BCUT2D eigenvalue weighted by Crippen LogP contribution is 1.64. The molecule has 0 bridgehead atoms. The van der Waals surface area contributed by atoms with Gasteiger partial charge in [-0.2, -0.15) is 0 Å². The van der Waals surface area contributed by atoms with Crippen LogP contribution in [0, 0.1) is 0 Å². The highest BCUT2D eigenvalue weighted by Gasteiger charge is 1.70. The van der Waals surface area contributed by atoms with Crippen molar-refractivity contribution in [3.8, 4) is 0 Å². The summed E-state index contributed by atoms with van der Waals surface area (Å²) in [6.07, 6.45) is 3.98. The average Bonchev–Trinajstić information content (AvgIpc) is 1.81. The minimum atomic E-state index is 0.644. The van der Waals surface area contributed by atoms with Gasteiger partial charge in [-0.1, -0.05) is 19.1 Å². The van der Waals surface area contributed by atoms with Crippen molar-refractivity contribution in [1.29, 1.82) is 0 Å². The van der Waals surface area contributed by atoms with Crippen molar-refractivity contribution in [1.82, 2.24) is 5.32 Å². The third kappa shape index (κ3) is 5.66. The Hall–Kier alpha value is -0.340. The summed E-state index contributed by atoms with van der Waals surface area (Å²) in [5.41, 5.74) is 5.20. The Morgan fingerprint density at radius 1 is 1.50 bits per heavy atom. The Morgan fingerprint density at radius 3 is 2.75 bits per heavy atom. The number of rotatable bonds is 4. The molecule has 2 nitrogen and oxygen atoms in total. The first kappa shape index (κ1) is 7.66. The second kappa shape index (κ2) is 6.66. The second-order valence-corrected chi connectivity index (χ2v) is 1.51. The van der Waals surface area contributed by atoms with Gasteiger partial charge in [0.2, 0.25) is 0 Å². The molecule has 0 aromatic carbocycles. The zero-order chi connectivity index (χ0) is 6.24. The van der Waals surface area contributed by atoms with E-state index in [1.54, 1.807) is 0 Å². The molecule has 48 valence electrons. The van der Waals surface area contributed by atoms with E-state index in [0.717, 1.165) is 13.1 Å². The summed E-state index contributed by atoms with van der Waals surface area (Å²) in [6, 6.07) is 0. The SMILES string of the molecule is CCNC/C=C/CN. The number of nitrogens with two attached hydrogens (primary N) is 1. The second-order valence-electron chi connectivity index (χ2n) is 1.51. The van der Waals surface area contributed by atoms with E-state index in [9.17, 15) is 0 Å². The van der Waals surface area contributed by atoms with Gasteiger partial charge in [-0.25, -0.2) is 0 Å². The zero-order valence-electron chi connectivity index (χ0n) is 5.35. The van der Waals surface area contributed by atoms with E-state index in [0.29, 0.717) is 6.54 Å². The molecule has 0 atom stereocenters. The summed E-state index contributed by atoms with van der Waals surface area (Å²) in [7, 11) is 0. The van der Waals surface area contributed by atoms with Crippen LogP contribution in [0.5, 0.6) is 0 Å². The molecule has 0 radical (unpaired) electrons. The van der Waals surface area contributed by atoms with E-state index in [1.165, 1.54) is 0 Å². The van der Waals surface area contributed by atoms with E-state index in [1.807, 2.05) is 12.2 Å². The minimum Gasteiger partial charge on any atom is -0.327 e. The van der Waals surface area contributed by atoms with Crippen LogP contribution in [0.2, 0.25) is 0 Å². The quantitative estimate of drug-likeness (QED) is 0.402. The Morgan fingerprint density at radius 2 is 2.25 bits per heavy atom. The van der Waals surface area contributed by atoms with Crippen molar-refractivity contribution in [3.63, 3.8) is 0 Å². The summed E-state index contributed by atoms with van der Waals surface area (Å²) in [6.45, 7) is 4.68. The van der Waals surface area contributed by atoms with Gasteiger partial charge in [0.05, 0.1) is 0 Å². The lowest BCUT2D eigenvalue weighted by molar-refractivity contribution is 0.798. The standard InChI is InChI=1S/C6H14N2/c1-2-8-6-4-3-5-7/h3-4,8H,2,5-7H2,1H3/b4-3+. The molecule has 0 amide bonds. The highest BCUT2D eigenvalue weighted by atomic mass is 14.8. The van der Waals surface area contributed by atoms with Crippen LogP contribution in [0.3, 0.4) is 0 Å². The van der Waals surface area contributed by atoms with E-state index in [4.69, 9.17) is 5.73 Å². The minimum absolute atomic E-state index is 0.644. The molecule has 0 unspecified atom stereocenters. The van der Waals surface area contributed by atoms with Crippen molar-refractivity contribution in [2.75, 3.05) is 19.6 Å². The molecule has 0 aliphatic rings. The van der Waals surface area contributed by atoms with Crippen LogP contribution in [0.15, 0.2) is 12.2 Å². The summed E-state index contributed by atoms with van der Waals surface area (Å²) >= 11 is 0. The molecule has 0 fully saturated rings. The molecule has 0 spiro atoms. The molecule has 0 aromatic heterocycles. The summed E-state index contributed by atoms with van der Waals surface area (Å²) in [4.78, 5) is 0. The van der Waals surface area contributed by atoms with Crippen molar-refractivity contribution in [3.05, 3.63) is 12.2 Å². The van der Waals surface area contributed by atoms with Crippen LogP contribution in [-0.2, 0) is 0 Å². The Balaban J connectivity index is 2.80. The van der Waals surface area contributed by atoms with Gasteiger partial charge < -0.3 is 11.1 Å². The molecule has 0 heterocycles. The average molecular weight is 114 g/mol.